The fourth-order valence-corrected chi connectivity index (χ4v) is 5.33. The monoisotopic (exact) mass is 353 g/mol. The number of nitrogens with zero attached hydrogens (tertiary/aromatic N) is 1. The Hall–Kier alpha value is -0.830. The van der Waals surface area contributed by atoms with Crippen LogP contribution in [0.5, 0.6) is 5.75 Å². The molecule has 2 rings (SSSR count). The summed E-state index contributed by atoms with van der Waals surface area (Å²) >= 11 is 5.74. The van der Waals surface area contributed by atoms with Gasteiger partial charge in [0.1, 0.15) is 10.6 Å². The highest BCUT2D eigenvalue weighted by atomic mass is 35.5. The van der Waals surface area contributed by atoms with Crippen LogP contribution in [0.15, 0.2) is 23.1 Å². The summed E-state index contributed by atoms with van der Waals surface area (Å²) in [5, 5.41) is 0. The van der Waals surface area contributed by atoms with Crippen molar-refractivity contribution in [3.63, 3.8) is 0 Å². The third-order valence-electron chi connectivity index (χ3n) is 3.30. The molecule has 1 aromatic rings. The molecule has 6 nitrogen and oxygen atoms in total. The molecular formula is C12H16ClNO5S2. The lowest BCUT2D eigenvalue weighted by Crippen LogP contribution is -2.43. The van der Waals surface area contributed by atoms with Gasteiger partial charge in [-0.15, -0.1) is 11.6 Å². The summed E-state index contributed by atoms with van der Waals surface area (Å²) in [5.74, 6) is 0.0753. The molecule has 1 aromatic carbocycles. The molecule has 1 fully saturated rings. The first-order valence-electron chi connectivity index (χ1n) is 6.23. The lowest BCUT2D eigenvalue weighted by atomic mass is 10.2. The van der Waals surface area contributed by atoms with Crippen LogP contribution in [-0.2, 0) is 25.7 Å². The fourth-order valence-electron chi connectivity index (χ4n) is 2.08. The highest BCUT2D eigenvalue weighted by molar-refractivity contribution is 7.92. The van der Waals surface area contributed by atoms with Gasteiger partial charge in [-0.05, 0) is 17.7 Å². The van der Waals surface area contributed by atoms with E-state index in [0.717, 1.165) is 0 Å². The summed E-state index contributed by atoms with van der Waals surface area (Å²) in [6, 6.07) is 4.70. The van der Waals surface area contributed by atoms with Gasteiger partial charge in [0.15, 0.2) is 9.84 Å². The standard InChI is InChI=1S/C12H16ClNO5S2/c1-19-11-3-2-10(9-13)8-12(11)21(17,18)14-4-6-20(15,16)7-5-14/h2-3,8H,4-7,9H2,1H3. The highest BCUT2D eigenvalue weighted by Crippen LogP contribution is 2.29. The maximum Gasteiger partial charge on any atom is 0.246 e. The molecule has 0 aromatic heterocycles. The Morgan fingerprint density at radius 3 is 2.43 bits per heavy atom. The molecule has 0 saturated carbocycles. The molecule has 0 bridgehead atoms. The van der Waals surface area contributed by atoms with Gasteiger partial charge in [0, 0.05) is 19.0 Å². The summed E-state index contributed by atoms with van der Waals surface area (Å²) in [6.07, 6.45) is 0. The Morgan fingerprint density at radius 2 is 1.90 bits per heavy atom. The third-order valence-corrected chi connectivity index (χ3v) is 7.14. The van der Waals surface area contributed by atoms with Gasteiger partial charge in [-0.2, -0.15) is 4.31 Å². The second-order valence-electron chi connectivity index (χ2n) is 4.67. The number of sulfone groups is 1. The van der Waals surface area contributed by atoms with Gasteiger partial charge in [0.25, 0.3) is 0 Å². The molecule has 0 amide bonds. The van der Waals surface area contributed by atoms with E-state index >= 15 is 0 Å². The minimum absolute atomic E-state index is 0.0162. The van der Waals surface area contributed by atoms with Crippen LogP contribution >= 0.6 is 11.6 Å². The molecule has 118 valence electrons. The van der Waals surface area contributed by atoms with E-state index in [0.29, 0.717) is 5.56 Å². The second kappa shape index (κ2) is 6.12. The van der Waals surface area contributed by atoms with E-state index in [-0.39, 0.29) is 41.1 Å². The number of halogens is 1. The smallest absolute Gasteiger partial charge is 0.246 e. The second-order valence-corrected chi connectivity index (χ2v) is 9.15. The average Bonchev–Trinajstić information content (AvgIpc) is 2.46. The maximum atomic E-state index is 12.7. The SMILES string of the molecule is COc1ccc(CCl)cc1S(=O)(=O)N1CCS(=O)(=O)CC1. The van der Waals surface area contributed by atoms with Crippen LogP contribution in [0.4, 0.5) is 0 Å². The quantitative estimate of drug-likeness (QED) is 0.750. The van der Waals surface area contributed by atoms with Crippen LogP contribution in [-0.4, -0.2) is 52.8 Å². The lowest BCUT2D eigenvalue weighted by molar-refractivity contribution is 0.393. The van der Waals surface area contributed by atoms with Crippen molar-refractivity contribution in [3.8, 4) is 5.75 Å². The van der Waals surface area contributed by atoms with Crippen molar-refractivity contribution in [1.82, 2.24) is 4.31 Å². The number of hydrogen-bond donors (Lipinski definition) is 0. The summed E-state index contributed by atoms with van der Waals surface area (Å²) in [7, 11) is -5.56. The van der Waals surface area contributed by atoms with Crippen molar-refractivity contribution in [2.75, 3.05) is 31.7 Å². The molecule has 0 unspecified atom stereocenters. The molecule has 0 atom stereocenters. The Morgan fingerprint density at radius 1 is 1.29 bits per heavy atom. The summed E-state index contributed by atoms with van der Waals surface area (Å²) in [6.45, 7) is -0.0855. The molecule has 1 aliphatic heterocycles. The van der Waals surface area contributed by atoms with Crippen molar-refractivity contribution in [2.45, 2.75) is 10.8 Å². The molecule has 1 aliphatic rings. The number of hydrogen-bond acceptors (Lipinski definition) is 5. The summed E-state index contributed by atoms with van der Waals surface area (Å²) in [5.41, 5.74) is 0.653. The molecule has 1 heterocycles. The third kappa shape index (κ3) is 3.50. The average molecular weight is 354 g/mol. The first-order valence-corrected chi connectivity index (χ1v) is 10.0. The van der Waals surface area contributed by atoms with Gasteiger partial charge in [-0.3, -0.25) is 0 Å². The van der Waals surface area contributed by atoms with Crippen molar-refractivity contribution >= 4 is 31.5 Å². The molecule has 9 heteroatoms. The van der Waals surface area contributed by atoms with Crippen molar-refractivity contribution in [1.29, 1.82) is 0 Å². The number of ether oxygens (including phenoxy) is 1. The number of alkyl halides is 1. The molecule has 21 heavy (non-hydrogen) atoms. The Kier molecular flexibility index (Phi) is 4.82. The van der Waals surface area contributed by atoms with Crippen LogP contribution in [0.1, 0.15) is 5.56 Å². The molecule has 1 saturated heterocycles. The molecule has 0 N–H and O–H groups in total. The van der Waals surface area contributed by atoms with Crippen LogP contribution in [0, 0.1) is 0 Å². The molecule has 0 radical (unpaired) electrons. The van der Waals surface area contributed by atoms with E-state index in [1.54, 1.807) is 12.1 Å². The number of sulfonamides is 1. The van der Waals surface area contributed by atoms with Gasteiger partial charge in [-0.25, -0.2) is 16.8 Å². The summed E-state index contributed by atoms with van der Waals surface area (Å²) < 4.78 is 54.4. The minimum atomic E-state index is -3.80. The Balaban J connectivity index is 2.40. The lowest BCUT2D eigenvalue weighted by Gasteiger charge is -2.26. The molecular weight excluding hydrogens is 338 g/mol. The zero-order valence-electron chi connectivity index (χ0n) is 11.5. The topological polar surface area (TPSA) is 80.8 Å². The van der Waals surface area contributed by atoms with Crippen molar-refractivity contribution in [3.05, 3.63) is 23.8 Å². The zero-order valence-corrected chi connectivity index (χ0v) is 13.8. The van der Waals surface area contributed by atoms with E-state index < -0.39 is 19.9 Å². The van der Waals surface area contributed by atoms with E-state index in [1.807, 2.05) is 0 Å². The van der Waals surface area contributed by atoms with Crippen LogP contribution in [0.25, 0.3) is 0 Å². The van der Waals surface area contributed by atoms with Gasteiger partial charge in [-0.1, -0.05) is 6.07 Å². The van der Waals surface area contributed by atoms with Gasteiger partial charge in [0.05, 0.1) is 18.6 Å². The van der Waals surface area contributed by atoms with Gasteiger partial charge >= 0.3 is 0 Å². The van der Waals surface area contributed by atoms with Gasteiger partial charge in [0.2, 0.25) is 10.0 Å². The van der Waals surface area contributed by atoms with Crippen LogP contribution in [0.3, 0.4) is 0 Å². The first kappa shape index (κ1) is 16.5. The number of rotatable bonds is 4. The van der Waals surface area contributed by atoms with E-state index in [1.165, 1.54) is 17.5 Å². The highest BCUT2D eigenvalue weighted by Gasteiger charge is 2.33. The first-order chi connectivity index (χ1) is 9.80. The van der Waals surface area contributed by atoms with E-state index in [4.69, 9.17) is 16.3 Å². The Labute approximate surface area is 129 Å². The van der Waals surface area contributed by atoms with Crippen LogP contribution < -0.4 is 4.74 Å². The predicted octanol–water partition coefficient (Wildman–Crippen LogP) is 0.853. The van der Waals surface area contributed by atoms with E-state index in [2.05, 4.69) is 0 Å². The molecule has 0 spiro atoms. The van der Waals surface area contributed by atoms with Crippen molar-refractivity contribution in [2.24, 2.45) is 0 Å². The zero-order chi connectivity index (χ0) is 15.7. The number of methoxy groups -OCH3 is 1. The molecule has 0 aliphatic carbocycles. The Bertz CT molecular complexity index is 716. The number of benzene rings is 1. The maximum absolute atomic E-state index is 12.7. The van der Waals surface area contributed by atoms with Gasteiger partial charge < -0.3 is 4.74 Å². The van der Waals surface area contributed by atoms with Crippen LogP contribution in [0.2, 0.25) is 0 Å². The van der Waals surface area contributed by atoms with E-state index in [9.17, 15) is 16.8 Å². The fraction of sp³-hybridized carbons (Fsp3) is 0.500. The predicted molar refractivity (Wildman–Crippen MR) is 80.0 cm³/mol. The normalized spacial score (nSPS) is 19.3. The largest absolute Gasteiger partial charge is 0.495 e. The van der Waals surface area contributed by atoms with Crippen molar-refractivity contribution < 1.29 is 21.6 Å². The minimum Gasteiger partial charge on any atom is -0.495 e. The summed E-state index contributed by atoms with van der Waals surface area (Å²) in [4.78, 5) is 0.0162.